The number of carbonyl (C=O) groups excluding carboxylic acids is 1. The molecule has 1 aliphatic carbocycles. The first kappa shape index (κ1) is 14.9. The van der Waals surface area contributed by atoms with Crippen LogP contribution in [0.5, 0.6) is 0 Å². The van der Waals surface area contributed by atoms with Gasteiger partial charge in [-0.2, -0.15) is 0 Å². The van der Waals surface area contributed by atoms with Gasteiger partial charge < -0.3 is 14.6 Å². The molecule has 0 radical (unpaired) electrons. The molecule has 1 aliphatic heterocycles. The maximum absolute atomic E-state index is 12.0. The Morgan fingerprint density at radius 2 is 2.20 bits per heavy atom. The topological polar surface area (TPSA) is 55.8 Å². The standard InChI is InChI=1S/C16H22O4/c1-11-13(14(17)19-4)12-7-5-6-8-16(12,20-11)10-9-15(2,3)18/h12,18H,5-8H2,1-4H3/t12-,16+/m0/s1. The number of carbonyl (C=O) groups is 1. The van der Waals surface area contributed by atoms with Crippen LogP contribution in [0.2, 0.25) is 0 Å². The van der Waals surface area contributed by atoms with Gasteiger partial charge in [0.25, 0.3) is 0 Å². The van der Waals surface area contributed by atoms with Crippen LogP contribution in [-0.4, -0.2) is 29.4 Å². The Kier molecular flexibility index (Phi) is 3.84. The SMILES string of the molecule is COC(=O)C1=C(C)O[C@@]2(C#CC(C)(C)O)CCCC[C@@H]12. The van der Waals surface area contributed by atoms with E-state index in [0.29, 0.717) is 11.3 Å². The second-order valence-corrected chi connectivity index (χ2v) is 6.06. The van der Waals surface area contributed by atoms with E-state index in [9.17, 15) is 9.90 Å². The number of methoxy groups -OCH3 is 1. The summed E-state index contributed by atoms with van der Waals surface area (Å²) in [6.45, 7) is 5.08. The van der Waals surface area contributed by atoms with Gasteiger partial charge in [0.1, 0.15) is 11.4 Å². The van der Waals surface area contributed by atoms with Gasteiger partial charge in [-0.25, -0.2) is 4.79 Å². The van der Waals surface area contributed by atoms with Crippen molar-refractivity contribution in [1.82, 2.24) is 0 Å². The predicted octanol–water partition coefficient (Wildman–Crippen LogP) is 2.17. The van der Waals surface area contributed by atoms with Gasteiger partial charge in [0.2, 0.25) is 0 Å². The molecule has 0 aromatic heterocycles. The third-order valence-electron chi connectivity index (χ3n) is 3.90. The van der Waals surface area contributed by atoms with Crippen molar-refractivity contribution in [2.75, 3.05) is 7.11 Å². The van der Waals surface area contributed by atoms with E-state index in [0.717, 1.165) is 25.7 Å². The molecule has 0 saturated heterocycles. The highest BCUT2D eigenvalue weighted by Gasteiger charge is 2.51. The van der Waals surface area contributed by atoms with Crippen LogP contribution in [0.1, 0.15) is 46.5 Å². The molecule has 2 atom stereocenters. The average molecular weight is 278 g/mol. The van der Waals surface area contributed by atoms with Crippen molar-refractivity contribution in [3.8, 4) is 11.8 Å². The molecule has 1 heterocycles. The first-order valence-electron chi connectivity index (χ1n) is 7.04. The predicted molar refractivity (Wildman–Crippen MR) is 74.6 cm³/mol. The van der Waals surface area contributed by atoms with Crippen molar-refractivity contribution >= 4 is 5.97 Å². The van der Waals surface area contributed by atoms with Gasteiger partial charge in [0, 0.05) is 5.92 Å². The van der Waals surface area contributed by atoms with Gasteiger partial charge in [0.15, 0.2) is 5.60 Å². The zero-order valence-corrected chi connectivity index (χ0v) is 12.6. The Morgan fingerprint density at radius 1 is 1.50 bits per heavy atom. The summed E-state index contributed by atoms with van der Waals surface area (Å²) in [5.41, 5.74) is -1.13. The lowest BCUT2D eigenvalue weighted by Gasteiger charge is -2.35. The lowest BCUT2D eigenvalue weighted by Crippen LogP contribution is -2.40. The number of hydrogen-bond donors (Lipinski definition) is 1. The monoisotopic (exact) mass is 278 g/mol. The quantitative estimate of drug-likeness (QED) is 0.590. The highest BCUT2D eigenvalue weighted by molar-refractivity contribution is 5.90. The lowest BCUT2D eigenvalue weighted by atomic mass is 9.73. The molecular formula is C16H22O4. The summed E-state index contributed by atoms with van der Waals surface area (Å²) in [6.07, 6.45) is 3.70. The normalized spacial score (nSPS) is 29.1. The fraction of sp³-hybridized carbons (Fsp3) is 0.688. The van der Waals surface area contributed by atoms with Crippen molar-refractivity contribution in [3.05, 3.63) is 11.3 Å². The van der Waals surface area contributed by atoms with Crippen molar-refractivity contribution < 1.29 is 19.4 Å². The molecule has 1 saturated carbocycles. The highest BCUT2D eigenvalue weighted by Crippen LogP contribution is 2.48. The van der Waals surface area contributed by atoms with Gasteiger partial charge >= 0.3 is 5.97 Å². The molecule has 0 bridgehead atoms. The second-order valence-electron chi connectivity index (χ2n) is 6.06. The molecule has 0 unspecified atom stereocenters. The van der Waals surface area contributed by atoms with E-state index in [1.165, 1.54) is 7.11 Å². The molecule has 0 aromatic carbocycles. The molecule has 4 nitrogen and oxygen atoms in total. The number of fused-ring (bicyclic) bond motifs is 1. The minimum Gasteiger partial charge on any atom is -0.478 e. The summed E-state index contributed by atoms with van der Waals surface area (Å²) in [6, 6.07) is 0. The lowest BCUT2D eigenvalue weighted by molar-refractivity contribution is -0.137. The summed E-state index contributed by atoms with van der Waals surface area (Å²) in [5.74, 6) is 6.17. The molecule has 0 aromatic rings. The maximum Gasteiger partial charge on any atom is 0.337 e. The Balaban J connectivity index is 2.38. The molecule has 2 aliphatic rings. The molecule has 1 fully saturated rings. The van der Waals surface area contributed by atoms with Crippen molar-refractivity contribution in [3.63, 3.8) is 0 Å². The van der Waals surface area contributed by atoms with Crippen LogP contribution in [0.4, 0.5) is 0 Å². The smallest absolute Gasteiger partial charge is 0.337 e. The first-order valence-corrected chi connectivity index (χ1v) is 7.04. The molecule has 0 amide bonds. The average Bonchev–Trinajstić information content (AvgIpc) is 2.67. The summed E-state index contributed by atoms with van der Waals surface area (Å²) < 4.78 is 10.8. The van der Waals surface area contributed by atoms with E-state index in [2.05, 4.69) is 11.8 Å². The first-order chi connectivity index (χ1) is 9.29. The third-order valence-corrected chi connectivity index (χ3v) is 3.90. The minimum atomic E-state index is -1.07. The maximum atomic E-state index is 12.0. The van der Waals surface area contributed by atoms with Crippen LogP contribution in [0.25, 0.3) is 0 Å². The van der Waals surface area contributed by atoms with Crippen molar-refractivity contribution in [2.45, 2.75) is 57.7 Å². The molecular weight excluding hydrogens is 256 g/mol. The summed E-state index contributed by atoms with van der Waals surface area (Å²) in [4.78, 5) is 12.0. The zero-order valence-electron chi connectivity index (χ0n) is 12.6. The summed E-state index contributed by atoms with van der Waals surface area (Å²) in [7, 11) is 1.38. The minimum absolute atomic E-state index is 0.0569. The van der Waals surface area contributed by atoms with Crippen LogP contribution in [0, 0.1) is 17.8 Å². The Bertz CT molecular complexity index is 501. The van der Waals surface area contributed by atoms with Crippen LogP contribution in [0.15, 0.2) is 11.3 Å². The van der Waals surface area contributed by atoms with Gasteiger partial charge in [-0.3, -0.25) is 0 Å². The van der Waals surface area contributed by atoms with Crippen LogP contribution >= 0.6 is 0 Å². The summed E-state index contributed by atoms with van der Waals surface area (Å²) >= 11 is 0. The van der Waals surface area contributed by atoms with E-state index in [1.807, 2.05) is 0 Å². The van der Waals surface area contributed by atoms with E-state index in [1.54, 1.807) is 20.8 Å². The molecule has 2 rings (SSSR count). The molecule has 4 heteroatoms. The van der Waals surface area contributed by atoms with E-state index < -0.39 is 11.2 Å². The summed E-state index contributed by atoms with van der Waals surface area (Å²) in [5, 5.41) is 9.82. The number of hydrogen-bond acceptors (Lipinski definition) is 4. The number of allylic oxidation sites excluding steroid dienone is 1. The van der Waals surface area contributed by atoms with E-state index in [-0.39, 0.29) is 11.9 Å². The molecule has 1 N–H and O–H groups in total. The van der Waals surface area contributed by atoms with Gasteiger partial charge in [-0.1, -0.05) is 18.3 Å². The zero-order chi connectivity index (χ0) is 15.0. The molecule has 20 heavy (non-hydrogen) atoms. The van der Waals surface area contributed by atoms with Crippen LogP contribution in [0.3, 0.4) is 0 Å². The third kappa shape index (κ3) is 2.69. The number of ether oxygens (including phenoxy) is 2. The van der Waals surface area contributed by atoms with E-state index >= 15 is 0 Å². The Morgan fingerprint density at radius 3 is 2.80 bits per heavy atom. The Hall–Kier alpha value is -1.47. The van der Waals surface area contributed by atoms with Crippen LogP contribution in [-0.2, 0) is 14.3 Å². The van der Waals surface area contributed by atoms with E-state index in [4.69, 9.17) is 9.47 Å². The van der Waals surface area contributed by atoms with Crippen molar-refractivity contribution in [1.29, 1.82) is 0 Å². The number of esters is 1. The van der Waals surface area contributed by atoms with Gasteiger partial charge in [-0.15, -0.1) is 0 Å². The van der Waals surface area contributed by atoms with Gasteiger partial charge in [0.05, 0.1) is 12.7 Å². The van der Waals surface area contributed by atoms with Crippen LogP contribution < -0.4 is 0 Å². The fourth-order valence-corrected chi connectivity index (χ4v) is 3.05. The fourth-order valence-electron chi connectivity index (χ4n) is 3.05. The number of aliphatic hydroxyl groups is 1. The highest BCUT2D eigenvalue weighted by atomic mass is 16.5. The van der Waals surface area contributed by atoms with Gasteiger partial charge in [-0.05, 0) is 40.0 Å². The number of rotatable bonds is 1. The molecule has 0 spiro atoms. The Labute approximate surface area is 120 Å². The molecule has 110 valence electrons. The van der Waals surface area contributed by atoms with Crippen molar-refractivity contribution in [2.24, 2.45) is 5.92 Å². The second kappa shape index (κ2) is 5.14. The largest absolute Gasteiger partial charge is 0.478 e.